The van der Waals surface area contributed by atoms with Crippen LogP contribution in [0.25, 0.3) is 0 Å². The van der Waals surface area contributed by atoms with Crippen LogP contribution in [0.1, 0.15) is 18.4 Å². The summed E-state index contributed by atoms with van der Waals surface area (Å²) in [7, 11) is 2.04. The summed E-state index contributed by atoms with van der Waals surface area (Å²) in [4.78, 5) is 14.1. The molecule has 1 fully saturated rings. The van der Waals surface area contributed by atoms with E-state index in [1.807, 2.05) is 31.3 Å². The topological polar surface area (TPSA) is 67.6 Å². The van der Waals surface area contributed by atoms with Crippen molar-refractivity contribution in [3.63, 3.8) is 0 Å². The third-order valence-corrected chi connectivity index (χ3v) is 3.69. The predicted molar refractivity (Wildman–Crippen MR) is 79.4 cm³/mol. The molecule has 0 spiro atoms. The molecule has 1 saturated heterocycles. The lowest BCUT2D eigenvalue weighted by molar-refractivity contribution is -0.116. The van der Waals surface area contributed by atoms with Crippen molar-refractivity contribution in [2.75, 3.05) is 32.1 Å². The van der Waals surface area contributed by atoms with Gasteiger partial charge in [-0.05, 0) is 31.2 Å². The molecule has 110 valence electrons. The van der Waals surface area contributed by atoms with Crippen LogP contribution in [0.3, 0.4) is 0 Å². The van der Waals surface area contributed by atoms with Gasteiger partial charge in [-0.1, -0.05) is 12.1 Å². The lowest BCUT2D eigenvalue weighted by Crippen LogP contribution is -2.34. The maximum Gasteiger partial charge on any atom is 0.225 e. The van der Waals surface area contributed by atoms with E-state index in [2.05, 4.69) is 10.2 Å². The number of amides is 1. The van der Waals surface area contributed by atoms with Crippen molar-refractivity contribution in [2.24, 2.45) is 5.73 Å². The Bertz CT molecular complexity index is 427. The fourth-order valence-electron chi connectivity index (χ4n) is 2.28. The summed E-state index contributed by atoms with van der Waals surface area (Å²) in [5, 5.41) is 2.90. The minimum Gasteiger partial charge on any atom is -0.380 e. The SMILES string of the molecule is CN(CCC(=O)Nc1ccc(CN)cc1)C1CCOC1. The summed E-state index contributed by atoms with van der Waals surface area (Å²) in [6, 6.07) is 8.07. The van der Waals surface area contributed by atoms with Crippen LogP contribution in [0, 0.1) is 0 Å². The number of benzene rings is 1. The van der Waals surface area contributed by atoms with Gasteiger partial charge in [0.1, 0.15) is 0 Å². The molecular formula is C15H23N3O2. The van der Waals surface area contributed by atoms with Gasteiger partial charge in [0.15, 0.2) is 0 Å². The summed E-state index contributed by atoms with van der Waals surface area (Å²) in [5.74, 6) is 0.0382. The molecule has 0 bridgehead atoms. The predicted octanol–water partition coefficient (Wildman–Crippen LogP) is 1.19. The fraction of sp³-hybridized carbons (Fsp3) is 0.533. The number of ether oxygens (including phenoxy) is 1. The Morgan fingerprint density at radius 3 is 2.80 bits per heavy atom. The average molecular weight is 277 g/mol. The van der Waals surface area contributed by atoms with Crippen LogP contribution in [0.15, 0.2) is 24.3 Å². The molecule has 1 aliphatic heterocycles. The molecule has 1 heterocycles. The maximum atomic E-state index is 11.9. The molecular weight excluding hydrogens is 254 g/mol. The molecule has 0 aliphatic carbocycles. The summed E-state index contributed by atoms with van der Waals surface area (Å²) in [6.07, 6.45) is 1.55. The highest BCUT2D eigenvalue weighted by atomic mass is 16.5. The zero-order valence-corrected chi connectivity index (χ0v) is 12.0. The highest BCUT2D eigenvalue weighted by molar-refractivity contribution is 5.90. The van der Waals surface area contributed by atoms with Crippen LogP contribution in [0.2, 0.25) is 0 Å². The Labute approximate surface area is 120 Å². The number of rotatable bonds is 6. The first-order valence-electron chi connectivity index (χ1n) is 7.06. The van der Waals surface area contributed by atoms with Crippen molar-refractivity contribution >= 4 is 11.6 Å². The molecule has 1 unspecified atom stereocenters. The van der Waals surface area contributed by atoms with Gasteiger partial charge in [0.2, 0.25) is 5.91 Å². The Balaban J connectivity index is 1.74. The Morgan fingerprint density at radius 1 is 1.45 bits per heavy atom. The molecule has 0 saturated carbocycles. The second-order valence-electron chi connectivity index (χ2n) is 5.20. The standard InChI is InChI=1S/C15H23N3O2/c1-18(14-7-9-20-11-14)8-6-15(19)17-13-4-2-12(10-16)3-5-13/h2-5,14H,6-11,16H2,1H3,(H,17,19). The molecule has 20 heavy (non-hydrogen) atoms. The molecule has 0 radical (unpaired) electrons. The van der Waals surface area contributed by atoms with E-state index < -0.39 is 0 Å². The Hall–Kier alpha value is -1.43. The molecule has 1 amide bonds. The van der Waals surface area contributed by atoms with Gasteiger partial charge >= 0.3 is 0 Å². The first kappa shape index (κ1) is 15.0. The van der Waals surface area contributed by atoms with E-state index in [0.29, 0.717) is 19.0 Å². The van der Waals surface area contributed by atoms with E-state index in [9.17, 15) is 4.79 Å². The Kier molecular flexibility index (Phi) is 5.52. The highest BCUT2D eigenvalue weighted by Gasteiger charge is 2.20. The second kappa shape index (κ2) is 7.38. The molecule has 2 rings (SSSR count). The van der Waals surface area contributed by atoms with Crippen molar-refractivity contribution < 1.29 is 9.53 Å². The van der Waals surface area contributed by atoms with Crippen LogP contribution in [-0.2, 0) is 16.1 Å². The van der Waals surface area contributed by atoms with Gasteiger partial charge in [0, 0.05) is 37.8 Å². The summed E-state index contributed by atoms with van der Waals surface area (Å²) in [6.45, 7) is 2.87. The van der Waals surface area contributed by atoms with Gasteiger partial charge in [0.25, 0.3) is 0 Å². The maximum absolute atomic E-state index is 11.9. The molecule has 0 aromatic heterocycles. The number of nitrogens with one attached hydrogen (secondary N) is 1. The van der Waals surface area contributed by atoms with Gasteiger partial charge in [0.05, 0.1) is 6.61 Å². The molecule has 5 nitrogen and oxygen atoms in total. The van der Waals surface area contributed by atoms with E-state index >= 15 is 0 Å². The smallest absolute Gasteiger partial charge is 0.225 e. The highest BCUT2D eigenvalue weighted by Crippen LogP contribution is 2.12. The fourth-order valence-corrected chi connectivity index (χ4v) is 2.28. The van der Waals surface area contributed by atoms with Crippen molar-refractivity contribution in [2.45, 2.75) is 25.4 Å². The molecule has 1 atom stereocenters. The lowest BCUT2D eigenvalue weighted by Gasteiger charge is -2.22. The van der Waals surface area contributed by atoms with Gasteiger partial charge in [-0.25, -0.2) is 0 Å². The largest absolute Gasteiger partial charge is 0.380 e. The lowest BCUT2D eigenvalue weighted by atomic mass is 10.2. The number of anilines is 1. The van der Waals surface area contributed by atoms with Gasteiger partial charge in [-0.15, -0.1) is 0 Å². The number of hydrogen-bond acceptors (Lipinski definition) is 4. The van der Waals surface area contributed by atoms with Crippen LogP contribution < -0.4 is 11.1 Å². The first-order chi connectivity index (χ1) is 9.69. The van der Waals surface area contributed by atoms with Crippen LogP contribution in [-0.4, -0.2) is 43.7 Å². The molecule has 1 aliphatic rings. The number of likely N-dealkylation sites (N-methyl/N-ethyl adjacent to an activating group) is 1. The summed E-state index contributed by atoms with van der Waals surface area (Å²) < 4.78 is 5.35. The quantitative estimate of drug-likeness (QED) is 0.820. The van der Waals surface area contributed by atoms with E-state index in [-0.39, 0.29) is 5.91 Å². The number of nitrogens with zero attached hydrogens (tertiary/aromatic N) is 1. The minimum absolute atomic E-state index is 0.0382. The number of carbonyl (C=O) groups is 1. The summed E-state index contributed by atoms with van der Waals surface area (Å²) in [5.41, 5.74) is 7.42. The van der Waals surface area contributed by atoms with Crippen LogP contribution >= 0.6 is 0 Å². The van der Waals surface area contributed by atoms with Crippen LogP contribution in [0.4, 0.5) is 5.69 Å². The van der Waals surface area contributed by atoms with Gasteiger partial charge in [-0.2, -0.15) is 0 Å². The summed E-state index contributed by atoms with van der Waals surface area (Å²) >= 11 is 0. The normalized spacial score (nSPS) is 18.4. The second-order valence-corrected chi connectivity index (χ2v) is 5.20. The monoisotopic (exact) mass is 277 g/mol. The van der Waals surface area contributed by atoms with E-state index in [1.54, 1.807) is 0 Å². The molecule has 1 aromatic carbocycles. The number of nitrogens with two attached hydrogens (primary N) is 1. The molecule has 3 N–H and O–H groups in total. The van der Waals surface area contributed by atoms with Gasteiger partial charge < -0.3 is 20.7 Å². The zero-order valence-electron chi connectivity index (χ0n) is 12.0. The molecule has 1 aromatic rings. The number of hydrogen-bond donors (Lipinski definition) is 2. The van der Waals surface area contributed by atoms with Crippen molar-refractivity contribution in [1.82, 2.24) is 4.90 Å². The third-order valence-electron chi connectivity index (χ3n) is 3.69. The Morgan fingerprint density at radius 2 is 2.20 bits per heavy atom. The molecule has 5 heteroatoms. The van der Waals surface area contributed by atoms with Crippen molar-refractivity contribution in [3.05, 3.63) is 29.8 Å². The number of carbonyl (C=O) groups excluding carboxylic acids is 1. The van der Waals surface area contributed by atoms with E-state index in [0.717, 1.165) is 37.4 Å². The minimum atomic E-state index is 0.0382. The van der Waals surface area contributed by atoms with Crippen molar-refractivity contribution in [3.8, 4) is 0 Å². The zero-order chi connectivity index (χ0) is 14.4. The average Bonchev–Trinajstić information content (AvgIpc) is 3.00. The third kappa shape index (κ3) is 4.30. The van der Waals surface area contributed by atoms with Crippen LogP contribution in [0.5, 0.6) is 0 Å². The van der Waals surface area contributed by atoms with Gasteiger partial charge in [-0.3, -0.25) is 4.79 Å². The first-order valence-corrected chi connectivity index (χ1v) is 7.06. The van der Waals surface area contributed by atoms with Crippen molar-refractivity contribution in [1.29, 1.82) is 0 Å². The van der Waals surface area contributed by atoms with E-state index in [1.165, 1.54) is 0 Å². The van der Waals surface area contributed by atoms with E-state index in [4.69, 9.17) is 10.5 Å².